The number of amides is 1. The van der Waals surface area contributed by atoms with Crippen LogP contribution in [0, 0.1) is 6.92 Å². The summed E-state index contributed by atoms with van der Waals surface area (Å²) in [6, 6.07) is 1.55. The zero-order valence-electron chi connectivity index (χ0n) is 7.90. The van der Waals surface area contributed by atoms with Gasteiger partial charge in [-0.2, -0.15) is 0 Å². The summed E-state index contributed by atoms with van der Waals surface area (Å²) in [7, 11) is 0. The molecule has 0 atom stereocenters. The highest BCUT2D eigenvalue weighted by Crippen LogP contribution is 2.01. The van der Waals surface area contributed by atoms with E-state index in [0.29, 0.717) is 5.82 Å². The standard InChI is InChI=1S/C6H7N3O2.C2H6/c1-4-2-5(8-3-7-4)9-6(10)11;1-2/h2-3H,1H3,(H,10,11)(H,7,8,9);1-2H3. The second-order valence-electron chi connectivity index (χ2n) is 1.97. The highest BCUT2D eigenvalue weighted by molar-refractivity contribution is 5.81. The molecule has 13 heavy (non-hydrogen) atoms. The molecule has 5 heteroatoms. The third-order valence-corrected chi connectivity index (χ3v) is 1.04. The molecule has 2 N–H and O–H groups in total. The number of anilines is 1. The van der Waals surface area contributed by atoms with Gasteiger partial charge in [-0.3, -0.25) is 5.32 Å². The van der Waals surface area contributed by atoms with Crippen molar-refractivity contribution >= 4 is 11.9 Å². The van der Waals surface area contributed by atoms with Gasteiger partial charge in [0.15, 0.2) is 0 Å². The smallest absolute Gasteiger partial charge is 0.410 e. The number of nitrogens with zero attached hydrogens (tertiary/aromatic N) is 2. The molecule has 0 aliphatic rings. The average Bonchev–Trinajstić information content (AvgIpc) is 2.06. The number of aryl methyl sites for hydroxylation is 1. The lowest BCUT2D eigenvalue weighted by Gasteiger charge is -1.97. The van der Waals surface area contributed by atoms with Crippen LogP contribution in [0.2, 0.25) is 0 Å². The summed E-state index contributed by atoms with van der Waals surface area (Å²) in [5.74, 6) is 0.296. The highest BCUT2D eigenvalue weighted by atomic mass is 16.4. The van der Waals surface area contributed by atoms with Gasteiger partial charge in [-0.05, 0) is 6.92 Å². The van der Waals surface area contributed by atoms with E-state index in [4.69, 9.17) is 5.11 Å². The summed E-state index contributed by atoms with van der Waals surface area (Å²) >= 11 is 0. The van der Waals surface area contributed by atoms with Crippen LogP contribution in [0.1, 0.15) is 19.5 Å². The summed E-state index contributed by atoms with van der Waals surface area (Å²) in [6.07, 6.45) is 0.184. The Balaban J connectivity index is 0.000000671. The van der Waals surface area contributed by atoms with E-state index in [9.17, 15) is 4.79 Å². The molecule has 72 valence electrons. The third kappa shape index (κ3) is 4.73. The zero-order chi connectivity index (χ0) is 10.3. The fourth-order valence-corrected chi connectivity index (χ4v) is 0.632. The van der Waals surface area contributed by atoms with Crippen LogP contribution in [0.25, 0.3) is 0 Å². The lowest BCUT2D eigenvalue weighted by molar-refractivity contribution is 0.209. The zero-order valence-corrected chi connectivity index (χ0v) is 7.90. The molecule has 1 heterocycles. The molecule has 0 aliphatic heterocycles. The molecule has 0 aliphatic carbocycles. The van der Waals surface area contributed by atoms with Crippen LogP contribution in [0.3, 0.4) is 0 Å². The predicted octanol–water partition coefficient (Wildman–Crippen LogP) is 1.90. The molecule has 0 saturated heterocycles. The molecule has 0 saturated carbocycles. The van der Waals surface area contributed by atoms with Crippen molar-refractivity contribution in [3.8, 4) is 0 Å². The van der Waals surface area contributed by atoms with Gasteiger partial charge in [0.05, 0.1) is 0 Å². The summed E-state index contributed by atoms with van der Waals surface area (Å²) in [6.45, 7) is 5.76. The molecule has 0 bridgehead atoms. The lowest BCUT2D eigenvalue weighted by atomic mass is 10.4. The Labute approximate surface area is 76.8 Å². The Morgan fingerprint density at radius 3 is 2.54 bits per heavy atom. The van der Waals surface area contributed by atoms with Crippen molar-refractivity contribution in [1.82, 2.24) is 9.97 Å². The molecule has 0 radical (unpaired) electrons. The molecule has 0 aromatic carbocycles. The van der Waals surface area contributed by atoms with Crippen LogP contribution in [0.15, 0.2) is 12.4 Å². The maximum absolute atomic E-state index is 10.1. The molecular weight excluding hydrogens is 170 g/mol. The van der Waals surface area contributed by atoms with Crippen molar-refractivity contribution in [2.75, 3.05) is 5.32 Å². The van der Waals surface area contributed by atoms with Gasteiger partial charge in [-0.25, -0.2) is 14.8 Å². The van der Waals surface area contributed by atoms with Gasteiger partial charge >= 0.3 is 6.09 Å². The summed E-state index contributed by atoms with van der Waals surface area (Å²) < 4.78 is 0. The van der Waals surface area contributed by atoms with Crippen molar-refractivity contribution in [2.45, 2.75) is 20.8 Å². The van der Waals surface area contributed by atoms with Gasteiger partial charge in [0.25, 0.3) is 0 Å². The van der Waals surface area contributed by atoms with E-state index in [-0.39, 0.29) is 0 Å². The van der Waals surface area contributed by atoms with E-state index in [2.05, 4.69) is 15.3 Å². The van der Waals surface area contributed by atoms with Crippen molar-refractivity contribution in [1.29, 1.82) is 0 Å². The first-order valence-corrected chi connectivity index (χ1v) is 3.97. The average molecular weight is 183 g/mol. The lowest BCUT2D eigenvalue weighted by Crippen LogP contribution is -2.08. The van der Waals surface area contributed by atoms with Gasteiger partial charge < -0.3 is 5.11 Å². The number of nitrogens with one attached hydrogen (secondary N) is 1. The van der Waals surface area contributed by atoms with Crippen LogP contribution in [0.4, 0.5) is 10.6 Å². The summed E-state index contributed by atoms with van der Waals surface area (Å²) in [5.41, 5.74) is 0.726. The minimum absolute atomic E-state index is 0.296. The fraction of sp³-hybridized carbons (Fsp3) is 0.375. The van der Waals surface area contributed by atoms with E-state index < -0.39 is 6.09 Å². The second kappa shape index (κ2) is 5.93. The van der Waals surface area contributed by atoms with Gasteiger partial charge in [0.2, 0.25) is 0 Å². The van der Waals surface area contributed by atoms with Gasteiger partial charge in [-0.15, -0.1) is 0 Å². The molecule has 1 aromatic heterocycles. The Kier molecular flexibility index (Phi) is 5.18. The van der Waals surface area contributed by atoms with Crippen LogP contribution in [-0.2, 0) is 0 Å². The number of carboxylic acid groups (broad SMARTS) is 1. The van der Waals surface area contributed by atoms with Crippen molar-refractivity contribution in [3.05, 3.63) is 18.1 Å². The molecule has 0 spiro atoms. The number of aromatic nitrogens is 2. The fourth-order valence-electron chi connectivity index (χ4n) is 0.632. The molecule has 0 unspecified atom stereocenters. The number of hydrogen-bond donors (Lipinski definition) is 2. The molecule has 1 rings (SSSR count). The third-order valence-electron chi connectivity index (χ3n) is 1.04. The number of carbonyl (C=O) groups is 1. The predicted molar refractivity (Wildman–Crippen MR) is 49.8 cm³/mol. The minimum atomic E-state index is -1.12. The molecule has 0 fully saturated rings. The first-order valence-electron chi connectivity index (χ1n) is 3.97. The first-order chi connectivity index (χ1) is 6.18. The summed E-state index contributed by atoms with van der Waals surface area (Å²) in [5, 5.41) is 10.4. The largest absolute Gasteiger partial charge is 0.465 e. The van der Waals surface area contributed by atoms with Crippen LogP contribution in [0.5, 0.6) is 0 Å². The second-order valence-corrected chi connectivity index (χ2v) is 1.97. The van der Waals surface area contributed by atoms with E-state index >= 15 is 0 Å². The van der Waals surface area contributed by atoms with E-state index in [1.165, 1.54) is 6.33 Å². The van der Waals surface area contributed by atoms with Gasteiger partial charge in [0.1, 0.15) is 12.1 Å². The monoisotopic (exact) mass is 183 g/mol. The SMILES string of the molecule is CC.Cc1cc(NC(=O)O)ncn1. The minimum Gasteiger partial charge on any atom is -0.465 e. The van der Waals surface area contributed by atoms with Gasteiger partial charge in [0, 0.05) is 11.8 Å². The van der Waals surface area contributed by atoms with E-state index in [0.717, 1.165) is 5.69 Å². The summed E-state index contributed by atoms with van der Waals surface area (Å²) in [4.78, 5) is 17.6. The quantitative estimate of drug-likeness (QED) is 0.697. The number of hydrogen-bond acceptors (Lipinski definition) is 3. The van der Waals surface area contributed by atoms with Crippen molar-refractivity contribution in [3.63, 3.8) is 0 Å². The first kappa shape index (κ1) is 11.4. The topological polar surface area (TPSA) is 75.1 Å². The molecule has 1 aromatic rings. The Morgan fingerprint density at radius 2 is 2.08 bits per heavy atom. The van der Waals surface area contributed by atoms with Crippen LogP contribution >= 0.6 is 0 Å². The Morgan fingerprint density at radius 1 is 1.46 bits per heavy atom. The van der Waals surface area contributed by atoms with E-state index in [1.807, 2.05) is 13.8 Å². The molecule has 1 amide bonds. The molecular formula is C8H13N3O2. The van der Waals surface area contributed by atoms with Crippen molar-refractivity contribution in [2.24, 2.45) is 0 Å². The number of rotatable bonds is 1. The van der Waals surface area contributed by atoms with Crippen LogP contribution < -0.4 is 5.32 Å². The van der Waals surface area contributed by atoms with Gasteiger partial charge in [-0.1, -0.05) is 13.8 Å². The Hall–Kier alpha value is -1.65. The maximum Gasteiger partial charge on any atom is 0.410 e. The van der Waals surface area contributed by atoms with Crippen molar-refractivity contribution < 1.29 is 9.90 Å². The van der Waals surface area contributed by atoms with Crippen LogP contribution in [-0.4, -0.2) is 21.2 Å². The maximum atomic E-state index is 10.1. The molecule has 5 nitrogen and oxygen atoms in total. The Bertz CT molecular complexity index is 276. The highest BCUT2D eigenvalue weighted by Gasteiger charge is 1.97. The van der Waals surface area contributed by atoms with E-state index in [1.54, 1.807) is 13.0 Å². The normalized spacial score (nSPS) is 8.23.